The zero-order valence-corrected chi connectivity index (χ0v) is 11.5. The van der Waals surface area contributed by atoms with Gasteiger partial charge in [-0.3, -0.25) is 0 Å². The average molecular weight is 247 g/mol. The molecule has 1 heterocycles. The molecule has 3 atom stereocenters. The number of piperidine rings is 1. The van der Waals surface area contributed by atoms with Gasteiger partial charge in [0.25, 0.3) is 0 Å². The van der Waals surface area contributed by atoms with Crippen molar-refractivity contribution in [2.45, 2.75) is 51.2 Å². The van der Waals surface area contributed by atoms with Crippen molar-refractivity contribution in [1.82, 2.24) is 5.32 Å². The van der Waals surface area contributed by atoms with Gasteiger partial charge in [0.05, 0.1) is 5.60 Å². The average Bonchev–Trinajstić information content (AvgIpc) is 2.40. The first kappa shape index (κ1) is 13.6. The molecule has 1 aliphatic rings. The van der Waals surface area contributed by atoms with Crippen LogP contribution in [0.15, 0.2) is 30.3 Å². The van der Waals surface area contributed by atoms with Crippen LogP contribution in [0.5, 0.6) is 0 Å². The molecular formula is C16H25NO. The van der Waals surface area contributed by atoms with Crippen LogP contribution < -0.4 is 5.32 Å². The molecule has 1 fully saturated rings. The fourth-order valence-electron chi connectivity index (χ4n) is 2.96. The van der Waals surface area contributed by atoms with Crippen LogP contribution in [0, 0.1) is 5.92 Å². The van der Waals surface area contributed by atoms with Gasteiger partial charge in [0.2, 0.25) is 0 Å². The Morgan fingerprint density at radius 1 is 1.33 bits per heavy atom. The lowest BCUT2D eigenvalue weighted by atomic mass is 9.78. The Morgan fingerprint density at radius 3 is 2.67 bits per heavy atom. The van der Waals surface area contributed by atoms with Crippen molar-refractivity contribution < 1.29 is 5.11 Å². The van der Waals surface area contributed by atoms with Gasteiger partial charge >= 0.3 is 0 Å². The van der Waals surface area contributed by atoms with E-state index in [1.54, 1.807) is 0 Å². The second-order valence-electron chi connectivity index (χ2n) is 5.76. The maximum Gasteiger partial charge on any atom is 0.0837 e. The van der Waals surface area contributed by atoms with Crippen molar-refractivity contribution in [2.24, 2.45) is 5.92 Å². The van der Waals surface area contributed by atoms with E-state index in [9.17, 15) is 5.11 Å². The Kier molecular flexibility index (Phi) is 4.41. The molecule has 0 spiro atoms. The quantitative estimate of drug-likeness (QED) is 0.857. The summed E-state index contributed by atoms with van der Waals surface area (Å²) < 4.78 is 0. The van der Waals surface area contributed by atoms with Crippen molar-refractivity contribution >= 4 is 0 Å². The molecule has 1 aromatic carbocycles. The van der Waals surface area contributed by atoms with Crippen LogP contribution in [0.2, 0.25) is 0 Å². The molecule has 2 N–H and O–H groups in total. The summed E-state index contributed by atoms with van der Waals surface area (Å²) in [6.07, 6.45) is 3.85. The maximum atomic E-state index is 11.0. The Bertz CT molecular complexity index is 365. The normalized spacial score (nSPS) is 27.7. The molecule has 2 rings (SSSR count). The largest absolute Gasteiger partial charge is 0.388 e. The minimum Gasteiger partial charge on any atom is -0.388 e. The summed E-state index contributed by atoms with van der Waals surface area (Å²) in [6.45, 7) is 5.40. The molecule has 0 bridgehead atoms. The van der Waals surface area contributed by atoms with Gasteiger partial charge in [-0.1, -0.05) is 44.2 Å². The summed E-state index contributed by atoms with van der Waals surface area (Å²) >= 11 is 0. The lowest BCUT2D eigenvalue weighted by molar-refractivity contribution is -0.0167. The van der Waals surface area contributed by atoms with Crippen molar-refractivity contribution in [3.8, 4) is 0 Å². The first-order valence-electron chi connectivity index (χ1n) is 7.14. The van der Waals surface area contributed by atoms with Crippen molar-refractivity contribution in [3.05, 3.63) is 35.9 Å². The van der Waals surface area contributed by atoms with Crippen LogP contribution >= 0.6 is 0 Å². The molecule has 0 aliphatic carbocycles. The monoisotopic (exact) mass is 247 g/mol. The highest BCUT2D eigenvalue weighted by molar-refractivity contribution is 5.18. The van der Waals surface area contributed by atoms with E-state index in [1.165, 1.54) is 12.0 Å². The Hall–Kier alpha value is -0.860. The van der Waals surface area contributed by atoms with Crippen LogP contribution in [0.25, 0.3) is 0 Å². The Morgan fingerprint density at radius 2 is 2.06 bits per heavy atom. The highest BCUT2D eigenvalue weighted by Crippen LogP contribution is 2.28. The number of nitrogens with one attached hydrogen (secondary N) is 1. The van der Waals surface area contributed by atoms with Gasteiger partial charge in [-0.2, -0.15) is 0 Å². The summed E-state index contributed by atoms with van der Waals surface area (Å²) in [6, 6.07) is 10.5. The van der Waals surface area contributed by atoms with Crippen LogP contribution in [0.4, 0.5) is 0 Å². The molecule has 1 aromatic rings. The predicted molar refractivity (Wildman–Crippen MR) is 75.6 cm³/mol. The number of hydrogen-bond donors (Lipinski definition) is 2. The molecule has 0 saturated carbocycles. The van der Waals surface area contributed by atoms with E-state index in [0.717, 1.165) is 25.8 Å². The number of hydrogen-bond acceptors (Lipinski definition) is 2. The summed E-state index contributed by atoms with van der Waals surface area (Å²) in [5.74, 6) is 0.713. The second kappa shape index (κ2) is 5.85. The van der Waals surface area contributed by atoms with E-state index >= 15 is 0 Å². The highest BCUT2D eigenvalue weighted by atomic mass is 16.3. The summed E-state index contributed by atoms with van der Waals surface area (Å²) in [4.78, 5) is 0. The number of aliphatic hydroxyl groups is 1. The highest BCUT2D eigenvalue weighted by Gasteiger charge is 2.37. The van der Waals surface area contributed by atoms with E-state index in [0.29, 0.717) is 5.92 Å². The zero-order valence-electron chi connectivity index (χ0n) is 11.5. The molecule has 0 amide bonds. The van der Waals surface area contributed by atoms with Gasteiger partial charge in [-0.25, -0.2) is 0 Å². The van der Waals surface area contributed by atoms with Gasteiger partial charge < -0.3 is 10.4 Å². The van der Waals surface area contributed by atoms with E-state index in [2.05, 4.69) is 31.3 Å². The van der Waals surface area contributed by atoms with Gasteiger partial charge in [-0.15, -0.1) is 0 Å². The third-order valence-corrected chi connectivity index (χ3v) is 4.28. The molecule has 2 nitrogen and oxygen atoms in total. The topological polar surface area (TPSA) is 32.3 Å². The van der Waals surface area contributed by atoms with Crippen LogP contribution in [-0.2, 0) is 6.42 Å². The summed E-state index contributed by atoms with van der Waals surface area (Å²) in [5.41, 5.74) is 0.609. The molecule has 1 saturated heterocycles. The van der Waals surface area contributed by atoms with E-state index in [-0.39, 0.29) is 6.04 Å². The molecule has 0 radical (unpaired) electrons. The molecular weight excluding hydrogens is 222 g/mol. The minimum atomic E-state index is -0.615. The summed E-state index contributed by atoms with van der Waals surface area (Å²) in [5, 5.41) is 14.5. The zero-order chi connectivity index (χ0) is 13.0. The van der Waals surface area contributed by atoms with Crippen molar-refractivity contribution in [3.63, 3.8) is 0 Å². The molecule has 100 valence electrons. The van der Waals surface area contributed by atoms with E-state index in [4.69, 9.17) is 0 Å². The SMILES string of the molecule is CCC(O)(Cc1ccccc1)C1CC(C)CCN1. The Balaban J connectivity index is 2.09. The third kappa shape index (κ3) is 3.12. The minimum absolute atomic E-state index is 0.228. The van der Waals surface area contributed by atoms with E-state index in [1.807, 2.05) is 18.2 Å². The van der Waals surface area contributed by atoms with Crippen LogP contribution in [0.3, 0.4) is 0 Å². The van der Waals surface area contributed by atoms with Gasteiger partial charge in [0.1, 0.15) is 0 Å². The molecule has 18 heavy (non-hydrogen) atoms. The Labute approximate surface area is 110 Å². The second-order valence-corrected chi connectivity index (χ2v) is 5.76. The third-order valence-electron chi connectivity index (χ3n) is 4.28. The maximum absolute atomic E-state index is 11.0. The van der Waals surface area contributed by atoms with Crippen molar-refractivity contribution in [1.29, 1.82) is 0 Å². The summed E-state index contributed by atoms with van der Waals surface area (Å²) in [7, 11) is 0. The molecule has 0 aromatic heterocycles. The molecule has 3 unspecified atom stereocenters. The van der Waals surface area contributed by atoms with Gasteiger partial charge in [0.15, 0.2) is 0 Å². The first-order chi connectivity index (χ1) is 8.64. The number of benzene rings is 1. The van der Waals surface area contributed by atoms with Crippen LogP contribution in [-0.4, -0.2) is 23.3 Å². The van der Waals surface area contributed by atoms with Gasteiger partial charge in [-0.05, 0) is 37.3 Å². The molecule has 1 aliphatic heterocycles. The van der Waals surface area contributed by atoms with Crippen molar-refractivity contribution in [2.75, 3.05) is 6.54 Å². The van der Waals surface area contributed by atoms with Crippen LogP contribution in [0.1, 0.15) is 38.7 Å². The smallest absolute Gasteiger partial charge is 0.0837 e. The first-order valence-corrected chi connectivity index (χ1v) is 7.14. The predicted octanol–water partition coefficient (Wildman–Crippen LogP) is 2.76. The standard InChI is InChI=1S/C16H25NO/c1-3-16(18,12-14-7-5-4-6-8-14)15-11-13(2)9-10-17-15/h4-8,13,15,17-18H,3,9-12H2,1-2H3. The lowest BCUT2D eigenvalue weighted by Gasteiger charge is -2.40. The van der Waals surface area contributed by atoms with Gasteiger partial charge in [0, 0.05) is 12.5 Å². The fraction of sp³-hybridized carbons (Fsp3) is 0.625. The van der Waals surface area contributed by atoms with E-state index < -0.39 is 5.60 Å². The number of rotatable bonds is 4. The fourth-order valence-corrected chi connectivity index (χ4v) is 2.96. The molecule has 2 heteroatoms. The lowest BCUT2D eigenvalue weighted by Crippen LogP contribution is -2.55.